The van der Waals surface area contributed by atoms with E-state index in [2.05, 4.69) is 25.1 Å². The van der Waals surface area contributed by atoms with E-state index in [1.807, 2.05) is 79.8 Å². The molecular formula is C40H51ClO4. The minimum Gasteiger partial charge on any atom is -0.494 e. The number of rotatable bonds is 19. The van der Waals surface area contributed by atoms with Crippen LogP contribution in [0, 0.1) is 0 Å². The molecule has 2 aromatic carbocycles. The van der Waals surface area contributed by atoms with E-state index in [4.69, 9.17) is 25.8 Å². The largest absolute Gasteiger partial charge is 0.494 e. The van der Waals surface area contributed by atoms with Gasteiger partial charge in [-0.25, -0.2) is 4.79 Å². The minimum atomic E-state index is -0.371. The molecule has 0 amide bonds. The summed E-state index contributed by atoms with van der Waals surface area (Å²) in [5, 5.41) is 0.693. The van der Waals surface area contributed by atoms with Crippen LogP contribution in [-0.4, -0.2) is 25.3 Å². The van der Waals surface area contributed by atoms with Crippen molar-refractivity contribution >= 4 is 17.6 Å². The van der Waals surface area contributed by atoms with Gasteiger partial charge in [-0.15, -0.1) is 0 Å². The fourth-order valence-electron chi connectivity index (χ4n) is 5.27. The highest BCUT2D eigenvalue weighted by atomic mass is 35.5. The zero-order chi connectivity index (χ0) is 32.0. The molecule has 2 aromatic rings. The quantitative estimate of drug-likeness (QED) is 0.0670. The molecule has 0 bridgehead atoms. The summed E-state index contributed by atoms with van der Waals surface area (Å²) in [4.78, 5) is 12.2. The van der Waals surface area contributed by atoms with Crippen molar-refractivity contribution < 1.29 is 19.0 Å². The molecule has 1 saturated heterocycles. The predicted molar refractivity (Wildman–Crippen MR) is 189 cm³/mol. The fraction of sp³-hybridized carbons (Fsp3) is 0.425. The molecule has 1 aliphatic heterocycles. The average Bonchev–Trinajstić information content (AvgIpc) is 3.06. The van der Waals surface area contributed by atoms with Crippen LogP contribution in [0.1, 0.15) is 96.1 Å². The Hall–Kier alpha value is -3.34. The van der Waals surface area contributed by atoms with Crippen molar-refractivity contribution in [3.05, 3.63) is 114 Å². The molecule has 0 aliphatic carbocycles. The first-order chi connectivity index (χ1) is 22.1. The molecule has 3 rings (SSSR count). The van der Waals surface area contributed by atoms with E-state index >= 15 is 0 Å². The average molecular weight is 631 g/mol. The Labute approximate surface area is 276 Å². The normalized spacial score (nSPS) is 17.4. The Balaban J connectivity index is 1.35. The standard InChI is InChI=1S/C40H51ClO4/c1-3-5-6-7-8-9-10-11-12-13-14-15-16-17-18-19-20-24-40(42)44-32-36-22-21-23-39(45-36)34-27-30-38(41)37(31-34)33-25-28-35(29-26-33)43-4-2/h12-20,24-31,36,39H,3-11,21-23,32H2,1-2H3/t36-,39+/m1/s1. The summed E-state index contributed by atoms with van der Waals surface area (Å²) in [5.41, 5.74) is 3.07. The molecule has 0 radical (unpaired) electrons. The second-order valence-electron chi connectivity index (χ2n) is 11.4. The van der Waals surface area contributed by atoms with Crippen molar-refractivity contribution in [2.45, 2.75) is 96.7 Å². The van der Waals surface area contributed by atoms with E-state index in [1.165, 1.54) is 51.0 Å². The van der Waals surface area contributed by atoms with Crippen LogP contribution in [0.2, 0.25) is 5.02 Å². The Kier molecular flexibility index (Phi) is 17.8. The second kappa shape index (κ2) is 22.2. The van der Waals surface area contributed by atoms with Crippen molar-refractivity contribution in [2.24, 2.45) is 0 Å². The summed E-state index contributed by atoms with van der Waals surface area (Å²) in [7, 11) is 0. The highest BCUT2D eigenvalue weighted by molar-refractivity contribution is 6.33. The number of unbranched alkanes of at least 4 members (excludes halogenated alkanes) is 7. The van der Waals surface area contributed by atoms with Crippen LogP contribution in [0.3, 0.4) is 0 Å². The zero-order valence-electron chi connectivity index (χ0n) is 27.2. The van der Waals surface area contributed by atoms with Crippen LogP contribution in [0.15, 0.2) is 103 Å². The lowest BCUT2D eigenvalue weighted by atomic mass is 9.95. The van der Waals surface area contributed by atoms with Crippen molar-refractivity contribution in [1.82, 2.24) is 0 Å². The van der Waals surface area contributed by atoms with Crippen molar-refractivity contribution in [2.75, 3.05) is 13.2 Å². The number of hydrogen-bond acceptors (Lipinski definition) is 4. The summed E-state index contributed by atoms with van der Waals surface area (Å²) in [6, 6.07) is 14.0. The maximum absolute atomic E-state index is 12.2. The van der Waals surface area contributed by atoms with Gasteiger partial charge in [0.2, 0.25) is 0 Å². The molecule has 242 valence electrons. The first kappa shape index (κ1) is 36.1. The van der Waals surface area contributed by atoms with E-state index in [1.54, 1.807) is 6.08 Å². The summed E-state index contributed by atoms with van der Waals surface area (Å²) in [6.07, 6.45) is 32.3. The van der Waals surface area contributed by atoms with Gasteiger partial charge >= 0.3 is 5.97 Å². The molecule has 0 spiro atoms. The first-order valence-electron chi connectivity index (χ1n) is 16.8. The second-order valence-corrected chi connectivity index (χ2v) is 11.8. The summed E-state index contributed by atoms with van der Waals surface area (Å²) < 4.78 is 17.4. The number of carbonyl (C=O) groups excluding carboxylic acids is 1. The Morgan fingerprint density at radius 1 is 0.844 bits per heavy atom. The van der Waals surface area contributed by atoms with Gasteiger partial charge in [0.15, 0.2) is 0 Å². The third kappa shape index (κ3) is 14.5. The van der Waals surface area contributed by atoms with Gasteiger partial charge in [-0.1, -0.05) is 130 Å². The number of benzene rings is 2. The molecule has 0 aromatic heterocycles. The van der Waals surface area contributed by atoms with Crippen molar-refractivity contribution in [3.8, 4) is 16.9 Å². The highest BCUT2D eigenvalue weighted by Crippen LogP contribution is 2.36. The van der Waals surface area contributed by atoms with E-state index in [0.717, 1.165) is 48.1 Å². The van der Waals surface area contributed by atoms with E-state index in [9.17, 15) is 4.79 Å². The summed E-state index contributed by atoms with van der Waals surface area (Å²) in [5.74, 6) is 0.467. The van der Waals surface area contributed by atoms with Gasteiger partial charge in [-0.05, 0) is 74.4 Å². The van der Waals surface area contributed by atoms with Crippen molar-refractivity contribution in [3.63, 3.8) is 0 Å². The molecule has 5 heteroatoms. The molecular weight excluding hydrogens is 580 g/mol. The van der Waals surface area contributed by atoms with Crippen LogP contribution in [0.25, 0.3) is 11.1 Å². The lowest BCUT2D eigenvalue weighted by Gasteiger charge is -2.30. The van der Waals surface area contributed by atoms with Gasteiger partial charge in [0.25, 0.3) is 0 Å². The predicted octanol–water partition coefficient (Wildman–Crippen LogP) is 11.5. The molecule has 1 heterocycles. The van der Waals surface area contributed by atoms with E-state index in [0.29, 0.717) is 11.6 Å². The Bertz CT molecular complexity index is 1270. The van der Waals surface area contributed by atoms with Gasteiger partial charge in [-0.3, -0.25) is 0 Å². The Morgan fingerprint density at radius 2 is 1.53 bits per heavy atom. The highest BCUT2D eigenvalue weighted by Gasteiger charge is 2.25. The van der Waals surface area contributed by atoms with Gasteiger partial charge in [0.1, 0.15) is 12.4 Å². The molecule has 1 fully saturated rings. The molecule has 2 atom stereocenters. The van der Waals surface area contributed by atoms with Crippen LogP contribution >= 0.6 is 11.6 Å². The molecule has 1 aliphatic rings. The van der Waals surface area contributed by atoms with Crippen LogP contribution in [0.5, 0.6) is 5.75 Å². The fourth-order valence-corrected chi connectivity index (χ4v) is 5.49. The third-order valence-corrected chi connectivity index (χ3v) is 8.05. The SMILES string of the molecule is CCCCCCCCCC=CC=CC=CC=CC=CC(=O)OC[C@H]1CCC[C@@H](c2ccc(Cl)c(-c3ccc(OCC)cc3)c2)O1. The smallest absolute Gasteiger partial charge is 0.330 e. The third-order valence-electron chi connectivity index (χ3n) is 7.72. The molecule has 0 saturated carbocycles. The summed E-state index contributed by atoms with van der Waals surface area (Å²) >= 11 is 6.56. The van der Waals surface area contributed by atoms with Gasteiger partial charge in [0, 0.05) is 16.7 Å². The number of allylic oxidation sites excluding steroid dienone is 9. The molecule has 45 heavy (non-hydrogen) atoms. The number of hydrogen-bond donors (Lipinski definition) is 0. The van der Waals surface area contributed by atoms with Gasteiger partial charge < -0.3 is 14.2 Å². The van der Waals surface area contributed by atoms with E-state index < -0.39 is 0 Å². The molecule has 0 unspecified atom stereocenters. The molecule has 0 N–H and O–H groups in total. The topological polar surface area (TPSA) is 44.8 Å². The van der Waals surface area contributed by atoms with Crippen LogP contribution < -0.4 is 4.74 Å². The first-order valence-corrected chi connectivity index (χ1v) is 17.2. The number of carbonyl (C=O) groups is 1. The van der Waals surface area contributed by atoms with Gasteiger partial charge in [0.05, 0.1) is 18.8 Å². The maximum Gasteiger partial charge on any atom is 0.330 e. The lowest BCUT2D eigenvalue weighted by molar-refractivity contribution is -0.146. The number of esters is 1. The Morgan fingerprint density at radius 3 is 2.27 bits per heavy atom. The van der Waals surface area contributed by atoms with Gasteiger partial charge in [-0.2, -0.15) is 0 Å². The number of halogens is 1. The summed E-state index contributed by atoms with van der Waals surface area (Å²) in [6.45, 7) is 5.09. The van der Waals surface area contributed by atoms with Crippen molar-refractivity contribution in [1.29, 1.82) is 0 Å². The van der Waals surface area contributed by atoms with Crippen LogP contribution in [-0.2, 0) is 14.3 Å². The minimum absolute atomic E-state index is 0.0684. The van der Waals surface area contributed by atoms with E-state index in [-0.39, 0.29) is 24.8 Å². The maximum atomic E-state index is 12.2. The van der Waals surface area contributed by atoms with Crippen LogP contribution in [0.4, 0.5) is 0 Å². The number of ether oxygens (including phenoxy) is 3. The monoisotopic (exact) mass is 630 g/mol. The molecule has 4 nitrogen and oxygen atoms in total. The zero-order valence-corrected chi connectivity index (χ0v) is 27.9. The lowest BCUT2D eigenvalue weighted by Crippen LogP contribution is -2.27.